The molecule has 11 heavy (non-hydrogen) atoms. The van der Waals surface area contributed by atoms with Crippen LogP contribution in [0.15, 0.2) is 0 Å². The molecule has 0 aromatic carbocycles. The van der Waals surface area contributed by atoms with Gasteiger partial charge in [-0.1, -0.05) is 6.92 Å². The van der Waals surface area contributed by atoms with Gasteiger partial charge in [0.1, 0.15) is 6.10 Å². The highest BCUT2D eigenvalue weighted by Crippen LogP contribution is 2.21. The topological polar surface area (TPSA) is 26.3 Å². The van der Waals surface area contributed by atoms with Crippen molar-refractivity contribution < 1.29 is 9.53 Å². The van der Waals surface area contributed by atoms with Gasteiger partial charge in [0.15, 0.2) is 0 Å². The molecule has 1 saturated carbocycles. The molecular weight excluding hydrogens is 164 g/mol. The third-order valence-electron chi connectivity index (χ3n) is 1.89. The largest absolute Gasteiger partial charge is 0.462 e. The number of halogens is 1. The molecular formula is C8H15ClO2. The first-order valence-corrected chi connectivity index (χ1v) is 4.02. The van der Waals surface area contributed by atoms with E-state index in [4.69, 9.17) is 4.74 Å². The summed E-state index contributed by atoms with van der Waals surface area (Å²) in [6.07, 6.45) is 5.35. The van der Waals surface area contributed by atoms with E-state index in [2.05, 4.69) is 0 Å². The smallest absolute Gasteiger partial charge is 0.305 e. The Morgan fingerprint density at radius 2 is 2.00 bits per heavy atom. The molecule has 66 valence electrons. The lowest BCUT2D eigenvalue weighted by Gasteiger charge is -2.09. The monoisotopic (exact) mass is 178 g/mol. The number of hydrogen-bond donors (Lipinski definition) is 0. The average Bonchev–Trinajstić information content (AvgIpc) is 2.40. The van der Waals surface area contributed by atoms with Crippen LogP contribution in [0.1, 0.15) is 39.0 Å². The van der Waals surface area contributed by atoms with Gasteiger partial charge in [-0.15, -0.1) is 12.4 Å². The summed E-state index contributed by atoms with van der Waals surface area (Å²) in [5, 5.41) is 0. The quantitative estimate of drug-likeness (QED) is 0.607. The van der Waals surface area contributed by atoms with Crippen molar-refractivity contribution in [3.8, 4) is 0 Å². The SMILES string of the molecule is CCC(=O)OC1CCCC1.Cl. The van der Waals surface area contributed by atoms with Crippen molar-refractivity contribution in [3.05, 3.63) is 0 Å². The molecule has 0 aromatic rings. The fraction of sp³-hybridized carbons (Fsp3) is 0.875. The lowest BCUT2D eigenvalue weighted by Crippen LogP contribution is -2.13. The second-order valence-electron chi connectivity index (χ2n) is 2.75. The zero-order chi connectivity index (χ0) is 7.40. The van der Waals surface area contributed by atoms with Gasteiger partial charge in [0, 0.05) is 6.42 Å². The van der Waals surface area contributed by atoms with Crippen molar-refractivity contribution in [2.24, 2.45) is 0 Å². The van der Waals surface area contributed by atoms with E-state index in [1.807, 2.05) is 6.92 Å². The molecule has 1 fully saturated rings. The molecule has 3 heteroatoms. The van der Waals surface area contributed by atoms with Gasteiger partial charge in [0.05, 0.1) is 0 Å². The van der Waals surface area contributed by atoms with E-state index < -0.39 is 0 Å². The number of ether oxygens (including phenoxy) is 1. The van der Waals surface area contributed by atoms with Crippen molar-refractivity contribution in [1.82, 2.24) is 0 Å². The standard InChI is InChI=1S/C8H14O2.ClH/c1-2-8(9)10-7-5-3-4-6-7;/h7H,2-6H2,1H3;1H. The lowest BCUT2D eigenvalue weighted by molar-refractivity contribution is -0.148. The molecule has 1 rings (SSSR count). The average molecular weight is 179 g/mol. The minimum atomic E-state index is -0.0492. The highest BCUT2D eigenvalue weighted by molar-refractivity contribution is 5.85. The Kier molecular flexibility index (Phi) is 5.30. The van der Waals surface area contributed by atoms with Gasteiger partial charge in [-0.2, -0.15) is 0 Å². The van der Waals surface area contributed by atoms with Gasteiger partial charge in [-0.25, -0.2) is 0 Å². The Morgan fingerprint density at radius 1 is 1.45 bits per heavy atom. The van der Waals surface area contributed by atoms with Crippen molar-refractivity contribution in [1.29, 1.82) is 0 Å². The highest BCUT2D eigenvalue weighted by Gasteiger charge is 2.17. The summed E-state index contributed by atoms with van der Waals surface area (Å²) in [6.45, 7) is 1.83. The number of hydrogen-bond acceptors (Lipinski definition) is 2. The summed E-state index contributed by atoms with van der Waals surface area (Å²) in [5.74, 6) is -0.0492. The molecule has 0 N–H and O–H groups in total. The van der Waals surface area contributed by atoms with Gasteiger partial charge in [0.25, 0.3) is 0 Å². The van der Waals surface area contributed by atoms with Crippen molar-refractivity contribution in [2.45, 2.75) is 45.1 Å². The molecule has 0 aromatic heterocycles. The molecule has 1 aliphatic rings. The van der Waals surface area contributed by atoms with Crippen LogP contribution in [0.2, 0.25) is 0 Å². The maximum atomic E-state index is 10.7. The first-order valence-electron chi connectivity index (χ1n) is 4.02. The van der Waals surface area contributed by atoms with E-state index in [-0.39, 0.29) is 24.5 Å². The lowest BCUT2D eigenvalue weighted by atomic mass is 10.3. The third-order valence-corrected chi connectivity index (χ3v) is 1.89. The molecule has 0 aliphatic heterocycles. The molecule has 0 amide bonds. The van der Waals surface area contributed by atoms with Crippen LogP contribution in [0.3, 0.4) is 0 Å². The zero-order valence-corrected chi connectivity index (χ0v) is 7.65. The molecule has 2 nitrogen and oxygen atoms in total. The summed E-state index contributed by atoms with van der Waals surface area (Å²) >= 11 is 0. The minimum absolute atomic E-state index is 0. The van der Waals surface area contributed by atoms with Crippen LogP contribution in [0.25, 0.3) is 0 Å². The summed E-state index contributed by atoms with van der Waals surface area (Å²) in [5.41, 5.74) is 0. The molecule has 0 spiro atoms. The second-order valence-corrected chi connectivity index (χ2v) is 2.75. The van der Waals surface area contributed by atoms with Crippen molar-refractivity contribution in [3.63, 3.8) is 0 Å². The van der Waals surface area contributed by atoms with E-state index in [1.165, 1.54) is 12.8 Å². The fourth-order valence-electron chi connectivity index (χ4n) is 1.28. The zero-order valence-electron chi connectivity index (χ0n) is 6.84. The summed E-state index contributed by atoms with van der Waals surface area (Å²) in [6, 6.07) is 0. The van der Waals surface area contributed by atoms with Gasteiger partial charge in [-0.3, -0.25) is 4.79 Å². The predicted octanol–water partition coefficient (Wildman–Crippen LogP) is 2.30. The molecule has 1 aliphatic carbocycles. The Labute approximate surface area is 73.7 Å². The molecule has 0 saturated heterocycles. The Bertz CT molecular complexity index is 119. The molecule has 0 heterocycles. The van der Waals surface area contributed by atoms with Crippen LogP contribution in [0.4, 0.5) is 0 Å². The first kappa shape index (κ1) is 10.8. The van der Waals surface area contributed by atoms with Crippen LogP contribution in [-0.2, 0) is 9.53 Å². The second kappa shape index (κ2) is 5.42. The van der Waals surface area contributed by atoms with E-state index in [0.29, 0.717) is 6.42 Å². The fourth-order valence-corrected chi connectivity index (χ4v) is 1.28. The normalized spacial score (nSPS) is 17.5. The van der Waals surface area contributed by atoms with Crippen LogP contribution >= 0.6 is 12.4 Å². The van der Waals surface area contributed by atoms with Crippen molar-refractivity contribution >= 4 is 18.4 Å². The maximum absolute atomic E-state index is 10.7. The molecule has 0 unspecified atom stereocenters. The minimum Gasteiger partial charge on any atom is -0.462 e. The van der Waals surface area contributed by atoms with Crippen LogP contribution in [-0.4, -0.2) is 12.1 Å². The Morgan fingerprint density at radius 3 is 2.45 bits per heavy atom. The maximum Gasteiger partial charge on any atom is 0.305 e. The third kappa shape index (κ3) is 3.61. The van der Waals surface area contributed by atoms with Gasteiger partial charge < -0.3 is 4.74 Å². The van der Waals surface area contributed by atoms with Crippen LogP contribution < -0.4 is 0 Å². The van der Waals surface area contributed by atoms with E-state index in [0.717, 1.165) is 12.8 Å². The number of carbonyl (C=O) groups is 1. The number of esters is 1. The summed E-state index contributed by atoms with van der Waals surface area (Å²) in [7, 11) is 0. The Balaban J connectivity index is 0.000001000. The van der Waals surface area contributed by atoms with Gasteiger partial charge in [0.2, 0.25) is 0 Å². The van der Waals surface area contributed by atoms with E-state index in [9.17, 15) is 4.79 Å². The van der Waals surface area contributed by atoms with Gasteiger partial charge >= 0.3 is 5.97 Å². The number of rotatable bonds is 2. The van der Waals surface area contributed by atoms with E-state index in [1.54, 1.807) is 0 Å². The molecule has 0 radical (unpaired) electrons. The van der Waals surface area contributed by atoms with Crippen molar-refractivity contribution in [2.75, 3.05) is 0 Å². The van der Waals surface area contributed by atoms with Gasteiger partial charge in [-0.05, 0) is 25.7 Å². The summed E-state index contributed by atoms with van der Waals surface area (Å²) < 4.78 is 5.12. The summed E-state index contributed by atoms with van der Waals surface area (Å²) in [4.78, 5) is 10.7. The molecule has 0 bridgehead atoms. The Hall–Kier alpha value is -0.240. The van der Waals surface area contributed by atoms with Crippen LogP contribution in [0.5, 0.6) is 0 Å². The first-order chi connectivity index (χ1) is 4.83. The van der Waals surface area contributed by atoms with Crippen LogP contribution in [0, 0.1) is 0 Å². The highest BCUT2D eigenvalue weighted by atomic mass is 35.5. The number of carbonyl (C=O) groups excluding carboxylic acids is 1. The predicted molar refractivity (Wildman–Crippen MR) is 45.9 cm³/mol. The molecule has 0 atom stereocenters. The van der Waals surface area contributed by atoms with E-state index >= 15 is 0 Å².